The molecular formula is C19H20BrN3O4S2. The Balaban J connectivity index is 1.48. The topological polar surface area (TPSA) is 86.8 Å². The van der Waals surface area contributed by atoms with E-state index >= 15 is 0 Å². The molecule has 0 aliphatic carbocycles. The zero-order chi connectivity index (χ0) is 20.8. The van der Waals surface area contributed by atoms with Gasteiger partial charge in [0.1, 0.15) is 0 Å². The van der Waals surface area contributed by atoms with E-state index in [2.05, 4.69) is 21.2 Å². The van der Waals surface area contributed by atoms with Crippen LogP contribution in [0.1, 0.15) is 28.1 Å². The minimum absolute atomic E-state index is 0.0661. The minimum Gasteiger partial charge on any atom is -0.346 e. The number of nitrogens with zero attached hydrogens (tertiary/aromatic N) is 2. The van der Waals surface area contributed by atoms with Crippen molar-refractivity contribution in [1.82, 2.24) is 5.32 Å². The van der Waals surface area contributed by atoms with E-state index < -0.39 is 10.0 Å². The molecule has 0 radical (unpaired) electrons. The van der Waals surface area contributed by atoms with Gasteiger partial charge in [0.25, 0.3) is 5.91 Å². The summed E-state index contributed by atoms with van der Waals surface area (Å²) >= 11 is 4.69. The summed E-state index contributed by atoms with van der Waals surface area (Å²) in [6, 6.07) is 8.66. The second-order valence-electron chi connectivity index (χ2n) is 7.20. The number of carbonyl (C=O) groups is 2. The van der Waals surface area contributed by atoms with Crippen molar-refractivity contribution in [2.45, 2.75) is 25.8 Å². The van der Waals surface area contributed by atoms with Gasteiger partial charge in [0.15, 0.2) is 0 Å². The molecule has 1 N–H and O–H groups in total. The monoisotopic (exact) mass is 497 g/mol. The van der Waals surface area contributed by atoms with Crippen molar-refractivity contribution in [2.24, 2.45) is 0 Å². The Hall–Kier alpha value is -1.91. The van der Waals surface area contributed by atoms with Gasteiger partial charge in [-0.2, -0.15) is 0 Å². The van der Waals surface area contributed by atoms with E-state index in [0.717, 1.165) is 9.35 Å². The first kappa shape index (κ1) is 20.4. The van der Waals surface area contributed by atoms with Gasteiger partial charge in [-0.1, -0.05) is 0 Å². The molecule has 0 unspecified atom stereocenters. The van der Waals surface area contributed by atoms with Crippen molar-refractivity contribution in [3.05, 3.63) is 44.6 Å². The van der Waals surface area contributed by atoms with Gasteiger partial charge in [0.2, 0.25) is 15.9 Å². The minimum atomic E-state index is -3.25. The predicted molar refractivity (Wildman–Crippen MR) is 117 cm³/mol. The van der Waals surface area contributed by atoms with Crippen molar-refractivity contribution in [3.8, 4) is 0 Å². The molecule has 0 spiro atoms. The van der Waals surface area contributed by atoms with Crippen molar-refractivity contribution in [2.75, 3.05) is 28.0 Å². The smallest absolute Gasteiger partial charge is 0.261 e. The van der Waals surface area contributed by atoms with Crippen LogP contribution < -0.4 is 14.5 Å². The molecule has 2 saturated heterocycles. The molecule has 0 saturated carbocycles. The third kappa shape index (κ3) is 4.06. The number of aryl methyl sites for hydroxylation is 1. The van der Waals surface area contributed by atoms with E-state index in [0.29, 0.717) is 35.8 Å². The molecular weight excluding hydrogens is 478 g/mol. The van der Waals surface area contributed by atoms with E-state index in [1.165, 1.54) is 15.6 Å². The number of halogens is 1. The summed E-state index contributed by atoms with van der Waals surface area (Å²) in [7, 11) is -3.25. The van der Waals surface area contributed by atoms with Crippen molar-refractivity contribution in [1.29, 1.82) is 0 Å². The van der Waals surface area contributed by atoms with Gasteiger partial charge < -0.3 is 10.2 Å². The molecule has 2 amide bonds. The summed E-state index contributed by atoms with van der Waals surface area (Å²) in [5, 5.41) is 2.92. The summed E-state index contributed by atoms with van der Waals surface area (Å²) in [6.45, 7) is 2.72. The SMILES string of the molecule is Cc1cc(N2C[C@H](NC(=O)c3ccc(Br)s3)CC2=O)ccc1N1CCCS1(=O)=O. The Morgan fingerprint density at radius 3 is 2.69 bits per heavy atom. The first-order valence-corrected chi connectivity index (χ1v) is 12.4. The molecule has 2 aliphatic rings. The maximum absolute atomic E-state index is 12.5. The van der Waals surface area contributed by atoms with E-state index in [1.54, 1.807) is 23.1 Å². The number of sulfonamides is 1. The van der Waals surface area contributed by atoms with Gasteiger partial charge in [-0.15, -0.1) is 11.3 Å². The highest BCUT2D eigenvalue weighted by Gasteiger charge is 2.33. The Labute approximate surface area is 181 Å². The normalized spacial score (nSPS) is 21.0. The van der Waals surface area contributed by atoms with Gasteiger partial charge in [-0.3, -0.25) is 13.9 Å². The lowest BCUT2D eigenvalue weighted by Crippen LogP contribution is -2.36. The summed E-state index contributed by atoms with van der Waals surface area (Å²) in [5.41, 5.74) is 2.17. The number of anilines is 2. The van der Waals surface area contributed by atoms with Crippen molar-refractivity contribution in [3.63, 3.8) is 0 Å². The molecule has 1 aromatic carbocycles. The maximum Gasteiger partial charge on any atom is 0.261 e. The number of hydrogen-bond acceptors (Lipinski definition) is 5. The largest absolute Gasteiger partial charge is 0.346 e. The molecule has 4 rings (SSSR count). The van der Waals surface area contributed by atoms with Gasteiger partial charge in [0.05, 0.1) is 26.1 Å². The number of benzene rings is 1. The molecule has 2 aromatic rings. The van der Waals surface area contributed by atoms with E-state index in [-0.39, 0.29) is 30.0 Å². The molecule has 7 nitrogen and oxygen atoms in total. The second-order valence-corrected chi connectivity index (χ2v) is 11.7. The second kappa shape index (κ2) is 7.73. The molecule has 29 heavy (non-hydrogen) atoms. The Morgan fingerprint density at radius 2 is 2.07 bits per heavy atom. The van der Waals surface area contributed by atoms with Crippen LogP contribution >= 0.6 is 27.3 Å². The number of nitrogens with one attached hydrogen (secondary N) is 1. The van der Waals surface area contributed by atoms with Crippen LogP contribution in [0.25, 0.3) is 0 Å². The number of thiophene rings is 1. The maximum atomic E-state index is 12.5. The quantitative estimate of drug-likeness (QED) is 0.703. The number of rotatable bonds is 4. The van der Waals surface area contributed by atoms with Crippen molar-refractivity contribution >= 4 is 60.5 Å². The molecule has 10 heteroatoms. The zero-order valence-electron chi connectivity index (χ0n) is 15.7. The van der Waals surface area contributed by atoms with Gasteiger partial charge in [-0.05, 0) is 65.2 Å². The van der Waals surface area contributed by atoms with Crippen LogP contribution in [0.3, 0.4) is 0 Å². The van der Waals surface area contributed by atoms with Gasteiger partial charge in [-0.25, -0.2) is 8.42 Å². The lowest BCUT2D eigenvalue weighted by Gasteiger charge is -2.22. The highest BCUT2D eigenvalue weighted by Crippen LogP contribution is 2.32. The summed E-state index contributed by atoms with van der Waals surface area (Å²) in [6.07, 6.45) is 0.857. The van der Waals surface area contributed by atoms with Crippen LogP contribution in [-0.4, -0.2) is 45.1 Å². The molecule has 2 aliphatic heterocycles. The van der Waals surface area contributed by atoms with E-state index in [9.17, 15) is 18.0 Å². The molecule has 154 valence electrons. The van der Waals surface area contributed by atoms with Crippen LogP contribution in [0.4, 0.5) is 11.4 Å². The number of carbonyl (C=O) groups excluding carboxylic acids is 2. The third-order valence-corrected chi connectivity index (χ3v) is 8.60. The molecule has 2 fully saturated rings. The van der Waals surface area contributed by atoms with Gasteiger partial charge >= 0.3 is 0 Å². The number of hydrogen-bond donors (Lipinski definition) is 1. The van der Waals surface area contributed by atoms with Crippen LogP contribution in [0.5, 0.6) is 0 Å². The first-order chi connectivity index (χ1) is 13.7. The molecule has 1 atom stereocenters. The lowest BCUT2D eigenvalue weighted by molar-refractivity contribution is -0.117. The van der Waals surface area contributed by atoms with E-state index in [4.69, 9.17) is 0 Å². The molecule has 3 heterocycles. The lowest BCUT2D eigenvalue weighted by atomic mass is 10.1. The van der Waals surface area contributed by atoms with Crippen molar-refractivity contribution < 1.29 is 18.0 Å². The standard InChI is InChI=1S/C19H20BrN3O4S2/c1-12-9-14(3-4-15(12)23-7-2-8-29(23,26)27)22-11-13(10-18(22)24)21-19(25)16-5-6-17(20)28-16/h3-6,9,13H,2,7-8,10-11H2,1H3,(H,21,25)/t13-/m1/s1. The highest BCUT2D eigenvalue weighted by molar-refractivity contribution is 9.11. The van der Waals surface area contributed by atoms with Crippen LogP contribution in [-0.2, 0) is 14.8 Å². The molecule has 0 bridgehead atoms. The Kier molecular flexibility index (Phi) is 5.43. The third-order valence-electron chi connectivity index (χ3n) is 5.12. The van der Waals surface area contributed by atoms with Crippen LogP contribution in [0.2, 0.25) is 0 Å². The number of amides is 2. The zero-order valence-corrected chi connectivity index (χ0v) is 18.9. The summed E-state index contributed by atoms with van der Waals surface area (Å²) in [4.78, 5) is 27.1. The fraction of sp³-hybridized carbons (Fsp3) is 0.368. The Morgan fingerprint density at radius 1 is 1.28 bits per heavy atom. The van der Waals surface area contributed by atoms with Gasteiger partial charge in [0, 0.05) is 25.2 Å². The summed E-state index contributed by atoms with van der Waals surface area (Å²) in [5.74, 6) is -0.0872. The fourth-order valence-corrected chi connectivity index (χ4v) is 6.66. The Bertz CT molecular complexity index is 1080. The predicted octanol–water partition coefficient (Wildman–Crippen LogP) is 2.89. The average molecular weight is 498 g/mol. The first-order valence-electron chi connectivity index (χ1n) is 9.22. The fourth-order valence-electron chi connectivity index (χ4n) is 3.74. The summed E-state index contributed by atoms with van der Waals surface area (Å²) < 4.78 is 26.7. The van der Waals surface area contributed by atoms with Crippen LogP contribution in [0.15, 0.2) is 34.1 Å². The molecule has 1 aromatic heterocycles. The van der Waals surface area contributed by atoms with Crippen LogP contribution in [0, 0.1) is 6.92 Å². The highest BCUT2D eigenvalue weighted by atomic mass is 79.9. The van der Waals surface area contributed by atoms with E-state index in [1.807, 2.05) is 19.1 Å². The average Bonchev–Trinajstić information content (AvgIpc) is 3.33.